The Labute approximate surface area is 198 Å². The quantitative estimate of drug-likeness (QED) is 0.582. The van der Waals surface area contributed by atoms with E-state index in [-0.39, 0.29) is 36.1 Å². The Hall–Kier alpha value is -3.04. The van der Waals surface area contributed by atoms with E-state index in [1.54, 1.807) is 11.5 Å². The number of pyridine rings is 1. The van der Waals surface area contributed by atoms with Gasteiger partial charge in [-0.3, -0.25) is 9.59 Å². The monoisotopic (exact) mass is 488 g/mol. The van der Waals surface area contributed by atoms with Gasteiger partial charge >= 0.3 is 6.18 Å². The molecule has 2 aromatic carbocycles. The number of hydrogen-bond acceptors (Lipinski definition) is 4. The topological polar surface area (TPSA) is 62.5 Å². The molecule has 0 fully saturated rings. The molecule has 1 amide bonds. The molecule has 1 atom stereocenters. The van der Waals surface area contributed by atoms with Crippen molar-refractivity contribution in [3.05, 3.63) is 92.9 Å². The summed E-state index contributed by atoms with van der Waals surface area (Å²) >= 11 is 1.41. The Morgan fingerprint density at radius 3 is 2.53 bits per heavy atom. The predicted octanol–water partition coefficient (Wildman–Crippen LogP) is 4.62. The van der Waals surface area contributed by atoms with Crippen LogP contribution >= 0.6 is 11.8 Å². The molecule has 1 aliphatic rings. The number of aromatic nitrogens is 1. The molecule has 1 N–H and O–H groups in total. The maximum absolute atomic E-state index is 13.6. The first kappa shape index (κ1) is 24.1. The second kappa shape index (κ2) is 9.31. The van der Waals surface area contributed by atoms with Crippen molar-refractivity contribution in [3.63, 3.8) is 0 Å². The van der Waals surface area contributed by atoms with Crippen LogP contribution < -0.4 is 5.43 Å². The number of benzene rings is 2. The summed E-state index contributed by atoms with van der Waals surface area (Å²) in [6.45, 7) is 1.39. The highest BCUT2D eigenvalue weighted by molar-refractivity contribution is 7.99. The van der Waals surface area contributed by atoms with Crippen molar-refractivity contribution in [2.75, 3.05) is 20.2 Å². The molecule has 4 rings (SSSR count). The smallest absolute Gasteiger partial charge is 0.395 e. The fourth-order valence-electron chi connectivity index (χ4n) is 4.19. The maximum atomic E-state index is 13.6. The summed E-state index contributed by atoms with van der Waals surface area (Å²) in [6, 6.07) is 14.3. The number of aliphatic hydroxyl groups excluding tert-OH is 1. The lowest BCUT2D eigenvalue weighted by molar-refractivity contribution is -0.137. The molecule has 178 valence electrons. The van der Waals surface area contributed by atoms with Gasteiger partial charge in [-0.2, -0.15) is 13.2 Å². The molecule has 0 aliphatic carbocycles. The fraction of sp³-hybridized carbons (Fsp3) is 0.280. The number of hydrogen-bond donors (Lipinski definition) is 1. The van der Waals surface area contributed by atoms with Gasteiger partial charge in [0.25, 0.3) is 5.91 Å². The molecule has 1 unspecified atom stereocenters. The Balaban J connectivity index is 2.02. The third kappa shape index (κ3) is 4.50. The lowest BCUT2D eigenvalue weighted by Gasteiger charge is -2.23. The van der Waals surface area contributed by atoms with Gasteiger partial charge in [-0.25, -0.2) is 0 Å². The Morgan fingerprint density at radius 1 is 1.18 bits per heavy atom. The minimum atomic E-state index is -4.54. The summed E-state index contributed by atoms with van der Waals surface area (Å²) in [7, 11) is 1.48. The lowest BCUT2D eigenvalue weighted by Crippen LogP contribution is -2.35. The van der Waals surface area contributed by atoms with E-state index in [2.05, 4.69) is 0 Å². The molecule has 5 nitrogen and oxygen atoms in total. The van der Waals surface area contributed by atoms with Gasteiger partial charge in [0.1, 0.15) is 5.56 Å². The van der Waals surface area contributed by atoms with Crippen molar-refractivity contribution in [2.24, 2.45) is 0 Å². The number of alkyl halides is 3. The Kier molecular flexibility index (Phi) is 6.60. The van der Waals surface area contributed by atoms with Crippen molar-refractivity contribution in [3.8, 4) is 5.69 Å². The highest BCUT2D eigenvalue weighted by Crippen LogP contribution is 2.45. The Morgan fingerprint density at radius 2 is 1.88 bits per heavy atom. The number of carbonyl (C=O) groups is 1. The van der Waals surface area contributed by atoms with Crippen LogP contribution in [0.4, 0.5) is 13.2 Å². The van der Waals surface area contributed by atoms with Crippen molar-refractivity contribution < 1.29 is 23.1 Å². The first-order valence-corrected chi connectivity index (χ1v) is 11.5. The predicted molar refractivity (Wildman–Crippen MR) is 125 cm³/mol. The zero-order valence-electron chi connectivity index (χ0n) is 18.6. The number of likely N-dealkylation sites (N-methyl/N-ethyl adjacent to an activating group) is 1. The summed E-state index contributed by atoms with van der Waals surface area (Å²) < 4.78 is 42.4. The molecule has 9 heteroatoms. The minimum Gasteiger partial charge on any atom is -0.395 e. The number of thioether (sulfide) groups is 1. The molecule has 0 radical (unpaired) electrons. The molecule has 34 heavy (non-hydrogen) atoms. The van der Waals surface area contributed by atoms with Gasteiger partial charge in [-0.15, -0.1) is 11.8 Å². The third-order valence-corrected chi connectivity index (χ3v) is 7.16. The van der Waals surface area contributed by atoms with Crippen LogP contribution in [0.2, 0.25) is 0 Å². The average molecular weight is 489 g/mol. The normalized spacial score (nSPS) is 15.3. The number of carbonyl (C=O) groups excluding carboxylic acids is 1. The summed E-state index contributed by atoms with van der Waals surface area (Å²) in [5.41, 5.74) is 0.626. The highest BCUT2D eigenvalue weighted by atomic mass is 32.2. The summed E-state index contributed by atoms with van der Waals surface area (Å²) in [6.07, 6.45) is -4.28. The van der Waals surface area contributed by atoms with Crippen LogP contribution in [0, 0.1) is 6.92 Å². The van der Waals surface area contributed by atoms with Gasteiger partial charge < -0.3 is 14.6 Å². The molecule has 3 aromatic rings. The lowest BCUT2D eigenvalue weighted by atomic mass is 10.0. The zero-order chi connectivity index (χ0) is 24.6. The second-order valence-corrected chi connectivity index (χ2v) is 9.40. The molecule has 1 aromatic heterocycles. The molecule has 1 aliphatic heterocycles. The maximum Gasteiger partial charge on any atom is 0.416 e. The largest absolute Gasteiger partial charge is 0.416 e. The van der Waals surface area contributed by atoms with E-state index in [9.17, 15) is 27.9 Å². The van der Waals surface area contributed by atoms with E-state index in [4.69, 9.17) is 0 Å². The zero-order valence-corrected chi connectivity index (χ0v) is 19.4. The molecule has 0 bridgehead atoms. The van der Waals surface area contributed by atoms with E-state index >= 15 is 0 Å². The van der Waals surface area contributed by atoms with Crippen LogP contribution in [0.3, 0.4) is 0 Å². The van der Waals surface area contributed by atoms with Crippen molar-refractivity contribution in [2.45, 2.75) is 29.7 Å². The van der Waals surface area contributed by atoms with Gasteiger partial charge in [0.2, 0.25) is 0 Å². The summed E-state index contributed by atoms with van der Waals surface area (Å²) in [5, 5.41) is 9.04. The number of fused-ring (bicyclic) bond motifs is 3. The molecular formula is C25H23F3N2O3S. The fourth-order valence-corrected chi connectivity index (χ4v) is 5.44. The van der Waals surface area contributed by atoms with Crippen LogP contribution in [-0.4, -0.2) is 40.7 Å². The van der Waals surface area contributed by atoms with Crippen molar-refractivity contribution in [1.82, 2.24) is 9.47 Å². The molecule has 0 spiro atoms. The molecule has 0 saturated heterocycles. The van der Waals surface area contributed by atoms with E-state index < -0.39 is 23.1 Å². The molecule has 0 saturated carbocycles. The van der Waals surface area contributed by atoms with Crippen molar-refractivity contribution >= 4 is 17.7 Å². The minimum absolute atomic E-state index is 0.0251. The highest BCUT2D eigenvalue weighted by Gasteiger charge is 2.34. The molecule has 2 heterocycles. The van der Waals surface area contributed by atoms with Gasteiger partial charge in [-0.05, 0) is 30.7 Å². The summed E-state index contributed by atoms with van der Waals surface area (Å²) in [5.74, 6) is -0.574. The van der Waals surface area contributed by atoms with Crippen LogP contribution in [0.5, 0.6) is 0 Å². The molecular weight excluding hydrogens is 465 g/mol. The SMILES string of the molecule is Cc1cc(=O)c(C(=O)N(C)CCO)c2n1-c1cc(C(F)(F)F)ccc1SC(c1ccccc1)C2. The Bertz CT molecular complexity index is 1290. The van der Waals surface area contributed by atoms with E-state index in [0.29, 0.717) is 16.3 Å². The van der Waals surface area contributed by atoms with Crippen LogP contribution in [0.15, 0.2) is 64.3 Å². The number of aliphatic hydroxyl groups is 1. The number of aryl methyl sites for hydroxylation is 1. The van der Waals surface area contributed by atoms with Crippen molar-refractivity contribution in [1.29, 1.82) is 0 Å². The average Bonchev–Trinajstić information content (AvgIpc) is 2.96. The van der Waals surface area contributed by atoms with Crippen LogP contribution in [-0.2, 0) is 12.6 Å². The first-order valence-electron chi connectivity index (χ1n) is 10.7. The van der Waals surface area contributed by atoms with Crippen LogP contribution in [0.25, 0.3) is 5.69 Å². The van der Waals surface area contributed by atoms with Gasteiger partial charge in [0.05, 0.1) is 17.9 Å². The number of amides is 1. The first-order chi connectivity index (χ1) is 16.1. The van der Waals surface area contributed by atoms with Gasteiger partial charge in [0.15, 0.2) is 5.43 Å². The second-order valence-electron chi connectivity index (χ2n) is 8.16. The van der Waals surface area contributed by atoms with E-state index in [0.717, 1.165) is 17.7 Å². The number of halogens is 3. The number of nitrogens with zero attached hydrogens (tertiary/aromatic N) is 2. The third-order valence-electron chi connectivity index (χ3n) is 5.84. The standard InChI is InChI=1S/C25H23F3N2O3S/c1-15-12-20(32)23(24(33)29(2)10-11-31)19-14-22(16-6-4-3-5-7-16)34-21-9-8-17(25(26,27)28)13-18(21)30(15)19/h3-9,12-13,22,31H,10-11,14H2,1-2H3. The van der Waals surface area contributed by atoms with Gasteiger partial charge in [-0.1, -0.05) is 30.3 Å². The van der Waals surface area contributed by atoms with E-state index in [1.807, 2.05) is 30.3 Å². The van der Waals surface area contributed by atoms with Crippen LogP contribution in [0.1, 0.15) is 38.1 Å². The summed E-state index contributed by atoms with van der Waals surface area (Å²) in [4.78, 5) is 28.2. The van der Waals surface area contributed by atoms with E-state index in [1.165, 1.54) is 35.8 Å². The number of rotatable bonds is 4. The van der Waals surface area contributed by atoms with Gasteiger partial charge in [0, 0.05) is 47.6 Å².